The third kappa shape index (κ3) is 2.91. The zero-order chi connectivity index (χ0) is 14.9. The number of carbonyl (C=O) groups is 1. The Kier molecular flexibility index (Phi) is 3.69. The number of carboxylic acid groups (broad SMARTS) is 1. The molecule has 2 N–H and O–H groups in total. The summed E-state index contributed by atoms with van der Waals surface area (Å²) in [7, 11) is -3.91. The summed E-state index contributed by atoms with van der Waals surface area (Å²) in [5, 5.41) is 12.2. The first-order chi connectivity index (χ1) is 9.29. The molecule has 0 atom stereocenters. The van der Waals surface area contributed by atoms with Gasteiger partial charge in [0.2, 0.25) is 0 Å². The van der Waals surface area contributed by atoms with E-state index in [2.05, 4.69) is 9.88 Å². The highest BCUT2D eigenvalue weighted by molar-refractivity contribution is 7.92. The number of sulfonamides is 1. The van der Waals surface area contributed by atoms with Crippen molar-refractivity contribution in [3.63, 3.8) is 0 Å². The summed E-state index contributed by atoms with van der Waals surface area (Å²) in [6, 6.07) is 4.73. The van der Waals surface area contributed by atoms with Gasteiger partial charge >= 0.3 is 5.97 Å². The first-order valence-electron chi connectivity index (χ1n) is 5.28. The number of aryl methyl sites for hydroxylation is 1. The molecule has 0 spiro atoms. The summed E-state index contributed by atoms with van der Waals surface area (Å²) in [6.07, 6.45) is 0. The molecule has 20 heavy (non-hydrogen) atoms. The minimum absolute atomic E-state index is 0.0286. The van der Waals surface area contributed by atoms with Crippen molar-refractivity contribution in [1.82, 2.24) is 5.16 Å². The standard InChI is InChI=1S/C11H9ClN2O5S/c1-6-4-10(13-19-6)14-20(17,18)7-2-3-8(11(15)16)9(12)5-7/h2-5H,1H3,(H,13,14)(H,15,16). The first-order valence-corrected chi connectivity index (χ1v) is 7.15. The second kappa shape index (κ2) is 5.14. The quantitative estimate of drug-likeness (QED) is 0.894. The van der Waals surface area contributed by atoms with Gasteiger partial charge in [-0.05, 0) is 25.1 Å². The van der Waals surface area contributed by atoms with Gasteiger partial charge < -0.3 is 9.63 Å². The Hall–Kier alpha value is -2.06. The van der Waals surface area contributed by atoms with E-state index in [1.165, 1.54) is 6.07 Å². The van der Waals surface area contributed by atoms with Gasteiger partial charge in [0.25, 0.3) is 10.0 Å². The summed E-state index contributed by atoms with van der Waals surface area (Å²) in [6.45, 7) is 1.61. The van der Waals surface area contributed by atoms with Crippen molar-refractivity contribution in [2.45, 2.75) is 11.8 Å². The van der Waals surface area contributed by atoms with Crippen molar-refractivity contribution in [2.24, 2.45) is 0 Å². The molecule has 0 aliphatic rings. The minimum atomic E-state index is -3.91. The maximum atomic E-state index is 12.0. The van der Waals surface area contributed by atoms with Crippen LogP contribution in [-0.2, 0) is 10.0 Å². The largest absolute Gasteiger partial charge is 0.478 e. The molecule has 0 unspecified atom stereocenters. The summed E-state index contributed by atoms with van der Waals surface area (Å²) in [5.41, 5.74) is -0.178. The number of rotatable bonds is 4. The van der Waals surface area contributed by atoms with Crippen molar-refractivity contribution < 1.29 is 22.8 Å². The summed E-state index contributed by atoms with van der Waals surface area (Å²) in [4.78, 5) is 10.6. The Labute approximate surface area is 119 Å². The van der Waals surface area contributed by atoms with Gasteiger partial charge in [-0.25, -0.2) is 13.2 Å². The Morgan fingerprint density at radius 3 is 2.60 bits per heavy atom. The van der Waals surface area contributed by atoms with E-state index in [4.69, 9.17) is 21.2 Å². The van der Waals surface area contributed by atoms with Crippen LogP contribution in [0.25, 0.3) is 0 Å². The lowest BCUT2D eigenvalue weighted by molar-refractivity contribution is 0.0697. The molecule has 1 heterocycles. The second-order valence-corrected chi connectivity index (χ2v) is 5.96. The highest BCUT2D eigenvalue weighted by atomic mass is 35.5. The lowest BCUT2D eigenvalue weighted by Crippen LogP contribution is -2.13. The molecule has 2 aromatic rings. The van der Waals surface area contributed by atoms with Gasteiger partial charge in [-0.3, -0.25) is 4.72 Å². The van der Waals surface area contributed by atoms with E-state index in [0.29, 0.717) is 5.76 Å². The lowest BCUT2D eigenvalue weighted by Gasteiger charge is -2.06. The van der Waals surface area contributed by atoms with Crippen LogP contribution in [0.1, 0.15) is 16.1 Å². The van der Waals surface area contributed by atoms with E-state index in [1.807, 2.05) is 0 Å². The fourth-order valence-electron chi connectivity index (χ4n) is 1.45. The Balaban J connectivity index is 2.35. The van der Waals surface area contributed by atoms with Crippen LogP contribution in [0, 0.1) is 6.92 Å². The molecule has 0 amide bonds. The molecule has 106 valence electrons. The van der Waals surface area contributed by atoms with Crippen LogP contribution in [0.3, 0.4) is 0 Å². The number of hydrogen-bond donors (Lipinski definition) is 2. The average molecular weight is 317 g/mol. The molecule has 1 aromatic heterocycles. The molecule has 9 heteroatoms. The molecule has 0 aliphatic heterocycles. The van der Waals surface area contributed by atoms with E-state index >= 15 is 0 Å². The molecule has 2 rings (SSSR count). The molecule has 0 aliphatic carbocycles. The van der Waals surface area contributed by atoms with Crippen molar-refractivity contribution in [2.75, 3.05) is 4.72 Å². The molecule has 0 saturated carbocycles. The molecule has 0 radical (unpaired) electrons. The van der Waals surface area contributed by atoms with Gasteiger partial charge in [0.1, 0.15) is 5.76 Å². The molecule has 7 nitrogen and oxygen atoms in total. The van der Waals surface area contributed by atoms with Crippen molar-refractivity contribution in [1.29, 1.82) is 0 Å². The van der Waals surface area contributed by atoms with Crippen LogP contribution in [0.2, 0.25) is 5.02 Å². The Morgan fingerprint density at radius 2 is 2.10 bits per heavy atom. The number of anilines is 1. The number of benzene rings is 1. The maximum Gasteiger partial charge on any atom is 0.337 e. The van der Waals surface area contributed by atoms with Gasteiger partial charge in [-0.2, -0.15) is 0 Å². The highest BCUT2D eigenvalue weighted by Crippen LogP contribution is 2.22. The van der Waals surface area contributed by atoms with Crippen LogP contribution < -0.4 is 4.72 Å². The zero-order valence-electron chi connectivity index (χ0n) is 10.1. The van der Waals surface area contributed by atoms with Gasteiger partial charge in [-0.1, -0.05) is 16.8 Å². The van der Waals surface area contributed by atoms with E-state index in [9.17, 15) is 13.2 Å². The number of nitrogens with zero attached hydrogens (tertiary/aromatic N) is 1. The fraction of sp³-hybridized carbons (Fsp3) is 0.0909. The second-order valence-electron chi connectivity index (χ2n) is 3.88. The average Bonchev–Trinajstić information content (AvgIpc) is 2.73. The van der Waals surface area contributed by atoms with Crippen molar-refractivity contribution in [3.05, 3.63) is 40.6 Å². The van der Waals surface area contributed by atoms with Gasteiger partial charge in [0, 0.05) is 6.07 Å². The third-order valence-corrected chi connectivity index (χ3v) is 4.01. The molecular formula is C11H9ClN2O5S. The van der Waals surface area contributed by atoms with Crippen LogP contribution in [0.5, 0.6) is 0 Å². The molecule has 1 aromatic carbocycles. The fourth-order valence-corrected chi connectivity index (χ4v) is 2.78. The Morgan fingerprint density at radius 1 is 1.40 bits per heavy atom. The summed E-state index contributed by atoms with van der Waals surface area (Å²) >= 11 is 5.73. The number of nitrogens with one attached hydrogen (secondary N) is 1. The van der Waals surface area contributed by atoms with E-state index in [0.717, 1.165) is 18.2 Å². The normalized spacial score (nSPS) is 11.3. The van der Waals surface area contributed by atoms with Gasteiger partial charge in [0.05, 0.1) is 15.5 Å². The van der Waals surface area contributed by atoms with Crippen LogP contribution >= 0.6 is 11.6 Å². The predicted molar refractivity (Wildman–Crippen MR) is 70.5 cm³/mol. The van der Waals surface area contributed by atoms with Crippen LogP contribution in [0.4, 0.5) is 5.82 Å². The van der Waals surface area contributed by atoms with E-state index in [-0.39, 0.29) is 21.3 Å². The lowest BCUT2D eigenvalue weighted by atomic mass is 10.2. The monoisotopic (exact) mass is 316 g/mol. The number of hydrogen-bond acceptors (Lipinski definition) is 5. The molecule has 0 bridgehead atoms. The number of aromatic carboxylic acids is 1. The predicted octanol–water partition coefficient (Wildman–Crippen LogP) is 2.14. The number of halogens is 1. The van der Waals surface area contributed by atoms with Crippen LogP contribution in [0.15, 0.2) is 33.7 Å². The van der Waals surface area contributed by atoms with Gasteiger partial charge in [0.15, 0.2) is 5.82 Å². The molecular weight excluding hydrogens is 308 g/mol. The SMILES string of the molecule is Cc1cc(NS(=O)(=O)c2ccc(C(=O)O)c(Cl)c2)no1. The van der Waals surface area contributed by atoms with Crippen molar-refractivity contribution in [3.8, 4) is 0 Å². The Bertz CT molecular complexity index is 769. The summed E-state index contributed by atoms with van der Waals surface area (Å²) < 4.78 is 31.0. The third-order valence-electron chi connectivity index (χ3n) is 2.35. The number of carboxylic acids is 1. The van der Waals surface area contributed by atoms with E-state index < -0.39 is 16.0 Å². The topological polar surface area (TPSA) is 110 Å². The zero-order valence-corrected chi connectivity index (χ0v) is 11.7. The first kappa shape index (κ1) is 14.4. The van der Waals surface area contributed by atoms with Crippen LogP contribution in [-0.4, -0.2) is 24.7 Å². The molecule has 0 saturated heterocycles. The van der Waals surface area contributed by atoms with Crippen molar-refractivity contribution >= 4 is 33.4 Å². The van der Waals surface area contributed by atoms with Gasteiger partial charge in [-0.15, -0.1) is 0 Å². The minimum Gasteiger partial charge on any atom is -0.478 e. The maximum absolute atomic E-state index is 12.0. The smallest absolute Gasteiger partial charge is 0.337 e. The number of aromatic nitrogens is 1. The highest BCUT2D eigenvalue weighted by Gasteiger charge is 2.19. The summed E-state index contributed by atoms with van der Waals surface area (Å²) in [5.74, 6) is -0.762. The molecule has 0 fully saturated rings. The van der Waals surface area contributed by atoms with E-state index in [1.54, 1.807) is 6.92 Å².